The number of carbonyl (C=O) groups is 1. The van der Waals surface area contributed by atoms with E-state index in [2.05, 4.69) is 9.97 Å². The highest BCUT2D eigenvalue weighted by atomic mass is 32.1. The summed E-state index contributed by atoms with van der Waals surface area (Å²) in [6.07, 6.45) is 1.96. The zero-order chi connectivity index (χ0) is 20.5. The average Bonchev–Trinajstić information content (AvgIpc) is 3.05. The number of aryl methyl sites for hydroxylation is 2. The molecule has 0 bridgehead atoms. The van der Waals surface area contributed by atoms with E-state index in [1.54, 1.807) is 6.92 Å². The first-order valence-corrected chi connectivity index (χ1v) is 9.84. The molecule has 0 saturated carbocycles. The Morgan fingerprint density at radius 3 is 2.41 bits per heavy atom. The van der Waals surface area contributed by atoms with Crippen LogP contribution < -0.4 is 10.7 Å². The summed E-state index contributed by atoms with van der Waals surface area (Å²) in [6, 6.07) is 17.7. The number of hydrogen-bond donors (Lipinski definition) is 1. The molecule has 4 aromatic rings. The monoisotopic (exact) mass is 401 g/mol. The van der Waals surface area contributed by atoms with Gasteiger partial charge >= 0.3 is 0 Å². The van der Waals surface area contributed by atoms with Crippen molar-refractivity contribution in [2.24, 2.45) is 0 Å². The first-order chi connectivity index (χ1) is 13.9. The molecule has 0 unspecified atom stereocenters. The zero-order valence-corrected chi connectivity index (χ0v) is 16.7. The Balaban J connectivity index is 1.95. The van der Waals surface area contributed by atoms with E-state index in [9.17, 15) is 14.7 Å². The van der Waals surface area contributed by atoms with Crippen LogP contribution in [0.15, 0.2) is 59.4 Å². The molecule has 0 aliphatic heterocycles. The molecular formula is C23H17N2O3S-. The van der Waals surface area contributed by atoms with Crippen molar-refractivity contribution in [2.45, 2.75) is 13.8 Å². The van der Waals surface area contributed by atoms with Crippen molar-refractivity contribution < 1.29 is 9.90 Å². The summed E-state index contributed by atoms with van der Waals surface area (Å²) in [5.41, 5.74) is 3.78. The molecule has 1 N–H and O–H groups in total. The van der Waals surface area contributed by atoms with Gasteiger partial charge in [-0.1, -0.05) is 60.2 Å². The fourth-order valence-electron chi connectivity index (χ4n) is 3.20. The highest BCUT2D eigenvalue weighted by Gasteiger charge is 2.17. The number of benzene rings is 2. The number of hydrogen-bond acceptors (Lipinski definition) is 5. The number of fused-ring (bicyclic) bond motifs is 1. The Morgan fingerprint density at radius 2 is 1.76 bits per heavy atom. The topological polar surface area (TPSA) is 85.9 Å². The van der Waals surface area contributed by atoms with Gasteiger partial charge < -0.3 is 14.9 Å². The molecule has 0 radical (unpaired) electrons. The molecule has 0 spiro atoms. The van der Waals surface area contributed by atoms with Crippen molar-refractivity contribution >= 4 is 39.2 Å². The van der Waals surface area contributed by atoms with Crippen molar-refractivity contribution in [3.63, 3.8) is 0 Å². The Morgan fingerprint density at radius 1 is 1.07 bits per heavy atom. The second-order valence-corrected chi connectivity index (χ2v) is 7.77. The molecule has 6 heteroatoms. The number of aromatic amines is 1. The lowest BCUT2D eigenvalue weighted by molar-refractivity contribution is -0.254. The van der Waals surface area contributed by atoms with E-state index in [-0.39, 0.29) is 10.4 Å². The van der Waals surface area contributed by atoms with E-state index < -0.39 is 5.97 Å². The van der Waals surface area contributed by atoms with Gasteiger partial charge in [0.05, 0.1) is 16.2 Å². The molecule has 0 fully saturated rings. The molecule has 5 nitrogen and oxygen atoms in total. The maximum atomic E-state index is 12.8. The van der Waals surface area contributed by atoms with E-state index in [4.69, 9.17) is 0 Å². The molecule has 0 aliphatic rings. The number of aromatic nitrogens is 2. The second kappa shape index (κ2) is 7.48. The number of nitrogens with zero attached hydrogens (tertiary/aromatic N) is 1. The Kier molecular flexibility index (Phi) is 4.86. The van der Waals surface area contributed by atoms with Gasteiger partial charge in [0.25, 0.3) is 5.56 Å². The number of carboxylic acid groups (broad SMARTS) is 1. The minimum Gasteiger partial charge on any atom is -0.544 e. The zero-order valence-electron chi connectivity index (χ0n) is 15.9. The molecule has 4 rings (SSSR count). The molecule has 0 saturated heterocycles. The third kappa shape index (κ3) is 3.62. The van der Waals surface area contributed by atoms with Gasteiger partial charge in [-0.2, -0.15) is 0 Å². The molecule has 2 heterocycles. The predicted octanol–water partition coefficient (Wildman–Crippen LogP) is 3.55. The van der Waals surface area contributed by atoms with Crippen LogP contribution in [0.5, 0.6) is 0 Å². The van der Waals surface area contributed by atoms with Gasteiger partial charge in [-0.25, -0.2) is 4.98 Å². The van der Waals surface area contributed by atoms with E-state index in [1.165, 1.54) is 0 Å². The van der Waals surface area contributed by atoms with Crippen molar-refractivity contribution in [1.82, 2.24) is 9.97 Å². The summed E-state index contributed by atoms with van der Waals surface area (Å²) in [5, 5.41) is 11.7. The molecule has 0 amide bonds. The summed E-state index contributed by atoms with van der Waals surface area (Å²) in [5.74, 6) is -0.912. The van der Waals surface area contributed by atoms with Gasteiger partial charge in [0.1, 0.15) is 10.7 Å². The minimum absolute atomic E-state index is 0.0268. The van der Waals surface area contributed by atoms with Gasteiger partial charge in [-0.15, -0.1) is 11.3 Å². The van der Waals surface area contributed by atoms with Crippen LogP contribution in [0.4, 0.5) is 0 Å². The predicted molar refractivity (Wildman–Crippen MR) is 114 cm³/mol. The maximum Gasteiger partial charge on any atom is 0.260 e. The van der Waals surface area contributed by atoms with Crippen LogP contribution in [0.3, 0.4) is 0 Å². The molecule has 2 aromatic heterocycles. The summed E-state index contributed by atoms with van der Waals surface area (Å²) in [7, 11) is 0. The molecule has 2 aromatic carbocycles. The van der Waals surface area contributed by atoms with E-state index >= 15 is 0 Å². The van der Waals surface area contributed by atoms with E-state index in [0.29, 0.717) is 21.6 Å². The van der Waals surface area contributed by atoms with Crippen molar-refractivity contribution in [3.05, 3.63) is 97.9 Å². The fourth-order valence-corrected chi connectivity index (χ4v) is 4.22. The van der Waals surface area contributed by atoms with Crippen molar-refractivity contribution in [1.29, 1.82) is 0 Å². The van der Waals surface area contributed by atoms with Crippen molar-refractivity contribution in [2.75, 3.05) is 0 Å². The Labute approximate surface area is 171 Å². The van der Waals surface area contributed by atoms with E-state index in [1.807, 2.05) is 67.6 Å². The summed E-state index contributed by atoms with van der Waals surface area (Å²) >= 11 is 0.961. The molecule has 0 aliphatic carbocycles. The van der Waals surface area contributed by atoms with Crippen LogP contribution in [0, 0.1) is 13.8 Å². The third-order valence-corrected chi connectivity index (χ3v) is 5.88. The first kappa shape index (κ1) is 18.8. The van der Waals surface area contributed by atoms with Crippen LogP contribution in [-0.4, -0.2) is 15.9 Å². The lowest BCUT2D eigenvalue weighted by Crippen LogP contribution is -2.21. The lowest BCUT2D eigenvalue weighted by Gasteiger charge is -2.08. The van der Waals surface area contributed by atoms with Crippen LogP contribution >= 0.6 is 11.3 Å². The van der Waals surface area contributed by atoms with Crippen LogP contribution in [-0.2, 0) is 0 Å². The molecule has 29 heavy (non-hydrogen) atoms. The number of nitrogens with one attached hydrogen (secondary N) is 1. The molecule has 144 valence electrons. The van der Waals surface area contributed by atoms with Gasteiger partial charge in [0.15, 0.2) is 0 Å². The highest BCUT2D eigenvalue weighted by Crippen LogP contribution is 2.29. The Hall–Kier alpha value is -3.51. The van der Waals surface area contributed by atoms with Gasteiger partial charge in [0, 0.05) is 5.57 Å². The van der Waals surface area contributed by atoms with E-state index in [0.717, 1.165) is 33.6 Å². The first-order valence-electron chi connectivity index (χ1n) is 9.03. The lowest BCUT2D eigenvalue weighted by atomic mass is 10.0. The second-order valence-electron chi connectivity index (χ2n) is 6.77. The summed E-state index contributed by atoms with van der Waals surface area (Å²) in [6.45, 7) is 3.62. The van der Waals surface area contributed by atoms with Gasteiger partial charge in [-0.05, 0) is 36.6 Å². The highest BCUT2D eigenvalue weighted by molar-refractivity contribution is 7.20. The van der Waals surface area contributed by atoms with Gasteiger partial charge in [-0.3, -0.25) is 4.79 Å². The summed E-state index contributed by atoms with van der Waals surface area (Å²) < 4.78 is 0. The third-order valence-electron chi connectivity index (χ3n) is 4.71. The van der Waals surface area contributed by atoms with Gasteiger partial charge in [0.2, 0.25) is 0 Å². The van der Waals surface area contributed by atoms with Crippen molar-refractivity contribution in [3.8, 4) is 0 Å². The average molecular weight is 401 g/mol. The summed E-state index contributed by atoms with van der Waals surface area (Å²) in [4.78, 5) is 32.0. The van der Waals surface area contributed by atoms with Crippen LogP contribution in [0.2, 0.25) is 0 Å². The smallest absolute Gasteiger partial charge is 0.260 e. The van der Waals surface area contributed by atoms with Crippen LogP contribution in [0.1, 0.15) is 37.7 Å². The maximum absolute atomic E-state index is 12.8. The fraction of sp³-hybridized carbons (Fsp3) is 0.0870. The Bertz CT molecular complexity index is 1300. The minimum atomic E-state index is -1.30. The number of carboxylic acids is 1. The normalized spacial score (nSPS) is 11.7. The molecular weight excluding hydrogens is 384 g/mol. The SMILES string of the molecule is Cc1ccc(/C=C(/c2ccccc2)c2nc3sc(C(=O)[O-])c(C)c3c(=O)[nH]2)cc1. The largest absolute Gasteiger partial charge is 0.544 e. The number of carbonyl (C=O) groups excluding carboxylic acids is 1. The van der Waals surface area contributed by atoms with Crippen LogP contribution in [0.25, 0.3) is 21.9 Å². The molecule has 0 atom stereocenters. The number of rotatable bonds is 4. The standard InChI is InChI=1S/C23H18N2O3S/c1-13-8-10-15(11-9-13)12-17(16-6-4-3-5-7-16)20-24-21(26)18-14(2)19(23(27)28)29-22(18)25-20/h3-12H,1-2H3,(H,27,28)(H,24,25,26)/p-1/b17-12-. The number of aromatic carboxylic acids is 1. The quantitative estimate of drug-likeness (QED) is 0.530. The number of thiophene rings is 1. The number of H-pyrrole nitrogens is 1.